The van der Waals surface area contributed by atoms with E-state index < -0.39 is 22.9 Å². The van der Waals surface area contributed by atoms with Gasteiger partial charge in [0.15, 0.2) is 5.17 Å². The van der Waals surface area contributed by atoms with Crippen LogP contribution in [0.5, 0.6) is 0 Å². The van der Waals surface area contributed by atoms with Crippen molar-refractivity contribution in [2.45, 2.75) is 31.2 Å². The van der Waals surface area contributed by atoms with E-state index in [1.54, 1.807) is 0 Å². The van der Waals surface area contributed by atoms with Crippen molar-refractivity contribution >= 4 is 34.4 Å². The second-order valence-electron chi connectivity index (χ2n) is 5.63. The Bertz CT molecular complexity index is 710. The van der Waals surface area contributed by atoms with Crippen LogP contribution in [0.1, 0.15) is 25.3 Å². The first-order valence-corrected chi connectivity index (χ1v) is 9.25. The molecule has 0 bridgehead atoms. The molecular weight excluding hydrogens is 383 g/mol. The molecule has 1 aromatic carbocycles. The lowest BCUT2D eigenvalue weighted by Gasteiger charge is -2.14. The molecule has 0 spiro atoms. The Hall–Kier alpha value is -2.07. The molecule has 1 saturated heterocycles. The molecule has 2 amide bonds. The number of rotatable bonds is 8. The number of amides is 2. The van der Waals surface area contributed by atoms with Crippen LogP contribution in [0.3, 0.4) is 0 Å². The van der Waals surface area contributed by atoms with E-state index >= 15 is 0 Å². The average Bonchev–Trinajstić information content (AvgIpc) is 2.93. The van der Waals surface area contributed by atoms with Gasteiger partial charge < -0.3 is 15.4 Å². The highest BCUT2D eigenvalue weighted by atomic mass is 32.2. The standard InChI is InChI=1S/C17H20F3N3O3S/c1-2-26-9-5-8-21-16-23-15(25)13(27-16)10-14(24)22-12-7-4-3-6-11(12)17(18,19)20/h3-4,6-7,13H,2,5,8-10H2,1H3,(H,22,24)(H,21,23,25)/t13-/m0/s1. The van der Waals surface area contributed by atoms with Gasteiger partial charge in [-0.15, -0.1) is 0 Å². The number of ether oxygens (including phenoxy) is 1. The first-order valence-electron chi connectivity index (χ1n) is 8.37. The van der Waals surface area contributed by atoms with E-state index in [9.17, 15) is 22.8 Å². The lowest BCUT2D eigenvalue weighted by Crippen LogP contribution is -2.28. The number of hydrogen-bond acceptors (Lipinski definition) is 5. The summed E-state index contributed by atoms with van der Waals surface area (Å²) in [6.45, 7) is 3.55. The molecule has 1 aliphatic heterocycles. The summed E-state index contributed by atoms with van der Waals surface area (Å²) >= 11 is 1.10. The molecule has 10 heteroatoms. The monoisotopic (exact) mass is 403 g/mol. The number of thioether (sulfide) groups is 1. The van der Waals surface area contributed by atoms with Crippen molar-refractivity contribution in [2.24, 2.45) is 4.99 Å². The number of benzene rings is 1. The summed E-state index contributed by atoms with van der Waals surface area (Å²) < 4.78 is 44.1. The molecule has 148 valence electrons. The van der Waals surface area contributed by atoms with Crippen LogP contribution < -0.4 is 10.6 Å². The van der Waals surface area contributed by atoms with Gasteiger partial charge in [0.05, 0.1) is 11.3 Å². The SMILES string of the molecule is CCOCCCN=C1NC(=O)[C@H](CC(=O)Nc2ccccc2C(F)(F)F)S1. The maximum Gasteiger partial charge on any atom is 0.418 e. The fraction of sp³-hybridized carbons (Fsp3) is 0.471. The Morgan fingerprint density at radius 2 is 2.11 bits per heavy atom. The van der Waals surface area contributed by atoms with Crippen LogP contribution in [-0.2, 0) is 20.5 Å². The molecule has 0 saturated carbocycles. The third-order valence-corrected chi connectivity index (χ3v) is 4.68. The van der Waals surface area contributed by atoms with E-state index in [2.05, 4.69) is 15.6 Å². The molecule has 6 nitrogen and oxygen atoms in total. The van der Waals surface area contributed by atoms with Gasteiger partial charge in [-0.25, -0.2) is 0 Å². The molecule has 0 aliphatic carbocycles. The number of halogens is 3. The molecule has 0 aromatic heterocycles. The number of para-hydroxylation sites is 1. The second kappa shape index (κ2) is 9.75. The molecule has 0 radical (unpaired) electrons. The Morgan fingerprint density at radius 3 is 2.81 bits per heavy atom. The van der Waals surface area contributed by atoms with Crippen LogP contribution in [0.25, 0.3) is 0 Å². The number of amidine groups is 1. The zero-order valence-electron chi connectivity index (χ0n) is 14.6. The number of carbonyl (C=O) groups excluding carboxylic acids is 2. The normalized spacial score (nSPS) is 18.6. The second-order valence-corrected chi connectivity index (χ2v) is 6.82. The summed E-state index contributed by atoms with van der Waals surface area (Å²) in [5, 5.41) is 4.49. The minimum absolute atomic E-state index is 0.249. The highest BCUT2D eigenvalue weighted by Gasteiger charge is 2.35. The molecule has 1 atom stereocenters. The zero-order valence-corrected chi connectivity index (χ0v) is 15.5. The summed E-state index contributed by atoms with van der Waals surface area (Å²) in [6.07, 6.45) is -4.13. The third-order valence-electron chi connectivity index (χ3n) is 3.56. The predicted molar refractivity (Wildman–Crippen MR) is 97.6 cm³/mol. The van der Waals surface area contributed by atoms with Crippen molar-refractivity contribution in [3.8, 4) is 0 Å². The number of anilines is 1. The van der Waals surface area contributed by atoms with Crippen molar-refractivity contribution in [3.05, 3.63) is 29.8 Å². The van der Waals surface area contributed by atoms with Gasteiger partial charge in [0.25, 0.3) is 0 Å². The van der Waals surface area contributed by atoms with E-state index in [1.807, 2.05) is 6.92 Å². The number of alkyl halides is 3. The Kier molecular flexibility index (Phi) is 7.66. The predicted octanol–water partition coefficient (Wildman–Crippen LogP) is 3.05. The Labute approximate surface area is 158 Å². The summed E-state index contributed by atoms with van der Waals surface area (Å²) in [7, 11) is 0. The van der Waals surface area contributed by atoms with Crippen LogP contribution >= 0.6 is 11.8 Å². The number of hydrogen-bond donors (Lipinski definition) is 2. The smallest absolute Gasteiger partial charge is 0.382 e. The maximum atomic E-state index is 13.0. The van der Waals surface area contributed by atoms with Crippen molar-refractivity contribution < 1.29 is 27.5 Å². The molecule has 27 heavy (non-hydrogen) atoms. The fourth-order valence-electron chi connectivity index (χ4n) is 2.32. The molecule has 0 unspecified atom stereocenters. The topological polar surface area (TPSA) is 79.8 Å². The van der Waals surface area contributed by atoms with Gasteiger partial charge in [0.2, 0.25) is 11.8 Å². The van der Waals surface area contributed by atoms with Crippen LogP contribution in [0.15, 0.2) is 29.3 Å². The van der Waals surface area contributed by atoms with Crippen molar-refractivity contribution in [3.63, 3.8) is 0 Å². The molecule has 1 aliphatic rings. The molecule has 2 rings (SSSR count). The third kappa shape index (κ3) is 6.55. The minimum Gasteiger partial charge on any atom is -0.382 e. The van der Waals surface area contributed by atoms with Crippen molar-refractivity contribution in [1.29, 1.82) is 0 Å². The van der Waals surface area contributed by atoms with Gasteiger partial charge in [-0.05, 0) is 25.5 Å². The minimum atomic E-state index is -4.58. The number of nitrogens with one attached hydrogen (secondary N) is 2. The van der Waals surface area contributed by atoms with Gasteiger partial charge in [-0.1, -0.05) is 23.9 Å². The highest BCUT2D eigenvalue weighted by molar-refractivity contribution is 8.15. The van der Waals surface area contributed by atoms with E-state index in [4.69, 9.17) is 4.74 Å². The molecule has 1 aromatic rings. The molecular formula is C17H20F3N3O3S. The van der Waals surface area contributed by atoms with E-state index in [1.165, 1.54) is 18.2 Å². The van der Waals surface area contributed by atoms with Crippen molar-refractivity contribution in [1.82, 2.24) is 5.32 Å². The Balaban J connectivity index is 1.90. The lowest BCUT2D eigenvalue weighted by molar-refractivity contribution is -0.137. The van der Waals surface area contributed by atoms with Gasteiger partial charge in [-0.3, -0.25) is 14.6 Å². The van der Waals surface area contributed by atoms with Gasteiger partial charge >= 0.3 is 6.18 Å². The summed E-state index contributed by atoms with van der Waals surface area (Å²) in [5.74, 6) is -1.06. The number of carbonyl (C=O) groups is 2. The van der Waals surface area contributed by atoms with Gasteiger partial charge in [-0.2, -0.15) is 13.2 Å². The molecule has 1 heterocycles. The largest absolute Gasteiger partial charge is 0.418 e. The molecule has 1 fully saturated rings. The highest BCUT2D eigenvalue weighted by Crippen LogP contribution is 2.34. The van der Waals surface area contributed by atoms with E-state index in [0.29, 0.717) is 31.3 Å². The Morgan fingerprint density at radius 1 is 1.37 bits per heavy atom. The zero-order chi connectivity index (χ0) is 19.9. The van der Waals surface area contributed by atoms with Crippen molar-refractivity contribution in [2.75, 3.05) is 25.1 Å². The average molecular weight is 403 g/mol. The maximum absolute atomic E-state index is 13.0. The number of aliphatic imine (C=N–C) groups is 1. The lowest BCUT2D eigenvalue weighted by atomic mass is 10.1. The molecule has 2 N–H and O–H groups in total. The summed E-state index contributed by atoms with van der Waals surface area (Å²) in [4.78, 5) is 28.3. The number of nitrogens with zero attached hydrogens (tertiary/aromatic N) is 1. The van der Waals surface area contributed by atoms with Gasteiger partial charge in [0.1, 0.15) is 5.25 Å². The van der Waals surface area contributed by atoms with Crippen LogP contribution in [0, 0.1) is 0 Å². The first kappa shape index (κ1) is 21.2. The van der Waals surface area contributed by atoms with Crippen LogP contribution in [-0.4, -0.2) is 42.0 Å². The summed E-state index contributed by atoms with van der Waals surface area (Å²) in [6, 6.07) is 4.70. The quantitative estimate of drug-likeness (QED) is 0.654. The van der Waals surface area contributed by atoms with E-state index in [0.717, 1.165) is 17.8 Å². The fourth-order valence-corrected chi connectivity index (χ4v) is 3.31. The first-order chi connectivity index (χ1) is 12.8. The van der Waals surface area contributed by atoms with Crippen LogP contribution in [0.4, 0.5) is 18.9 Å². The van der Waals surface area contributed by atoms with Gasteiger partial charge in [0, 0.05) is 26.2 Å². The van der Waals surface area contributed by atoms with Crippen LogP contribution in [0.2, 0.25) is 0 Å². The summed E-state index contributed by atoms with van der Waals surface area (Å²) in [5.41, 5.74) is -1.26. The van der Waals surface area contributed by atoms with E-state index in [-0.39, 0.29) is 18.0 Å².